The number of likely N-dealkylation sites (N-methyl/N-ethyl adjacent to an activating group) is 2. The van der Waals surface area contributed by atoms with E-state index in [0.717, 1.165) is 5.56 Å². The maximum absolute atomic E-state index is 12.6. The first kappa shape index (κ1) is 20.0. The van der Waals surface area contributed by atoms with Gasteiger partial charge in [-0.3, -0.25) is 14.5 Å². The van der Waals surface area contributed by atoms with Crippen molar-refractivity contribution in [2.45, 2.75) is 38.8 Å². The van der Waals surface area contributed by atoms with Gasteiger partial charge in [0, 0.05) is 20.0 Å². The Balaban J connectivity index is 2.94. The highest BCUT2D eigenvalue weighted by atomic mass is 16.3. The van der Waals surface area contributed by atoms with Gasteiger partial charge in [-0.25, -0.2) is 0 Å². The van der Waals surface area contributed by atoms with Gasteiger partial charge in [0.05, 0.1) is 6.04 Å². The number of hydrogen-bond donors (Lipinski definition) is 2. The third kappa shape index (κ3) is 5.53. The Morgan fingerprint density at radius 3 is 2.17 bits per heavy atom. The molecule has 0 aliphatic heterocycles. The Hall–Kier alpha value is -2.08. The lowest BCUT2D eigenvalue weighted by atomic mass is 10.0. The highest BCUT2D eigenvalue weighted by Gasteiger charge is 2.27. The van der Waals surface area contributed by atoms with E-state index >= 15 is 0 Å². The van der Waals surface area contributed by atoms with E-state index in [1.165, 1.54) is 0 Å². The number of amides is 2. The SMILES string of the molecule is CCC(C(=O)NC(Cc1ccc(O)cc1)C(=O)N(C)CC)N(C)C. The molecule has 0 saturated carbocycles. The second-order valence-corrected chi connectivity index (χ2v) is 6.17. The molecule has 0 aliphatic carbocycles. The normalized spacial score (nSPS) is 13.4. The largest absolute Gasteiger partial charge is 0.508 e. The zero-order chi connectivity index (χ0) is 18.3. The first-order valence-corrected chi connectivity index (χ1v) is 8.29. The molecule has 1 aromatic rings. The van der Waals surface area contributed by atoms with Gasteiger partial charge in [-0.1, -0.05) is 19.1 Å². The van der Waals surface area contributed by atoms with Gasteiger partial charge >= 0.3 is 0 Å². The topological polar surface area (TPSA) is 72.9 Å². The summed E-state index contributed by atoms with van der Waals surface area (Å²) in [5, 5.41) is 12.3. The van der Waals surface area contributed by atoms with Crippen LogP contribution in [0.3, 0.4) is 0 Å². The van der Waals surface area contributed by atoms with Crippen molar-refractivity contribution in [3.63, 3.8) is 0 Å². The van der Waals surface area contributed by atoms with Crippen molar-refractivity contribution in [2.75, 3.05) is 27.7 Å². The maximum atomic E-state index is 12.6. The summed E-state index contributed by atoms with van der Waals surface area (Å²) in [6.07, 6.45) is 1.06. The molecule has 0 aliphatic rings. The van der Waals surface area contributed by atoms with E-state index in [0.29, 0.717) is 19.4 Å². The zero-order valence-corrected chi connectivity index (χ0v) is 15.2. The quantitative estimate of drug-likeness (QED) is 0.750. The Labute approximate surface area is 144 Å². The minimum Gasteiger partial charge on any atom is -0.508 e. The molecule has 2 atom stereocenters. The van der Waals surface area contributed by atoms with Gasteiger partial charge in [-0.05, 0) is 45.1 Å². The molecule has 0 fully saturated rings. The van der Waals surface area contributed by atoms with Crippen LogP contribution in [0.25, 0.3) is 0 Å². The fourth-order valence-electron chi connectivity index (χ4n) is 2.54. The number of hydrogen-bond acceptors (Lipinski definition) is 4. The number of nitrogens with zero attached hydrogens (tertiary/aromatic N) is 2. The van der Waals surface area contributed by atoms with Crippen LogP contribution in [0.2, 0.25) is 0 Å². The van der Waals surface area contributed by atoms with Crippen molar-refractivity contribution in [3.05, 3.63) is 29.8 Å². The Bertz CT molecular complexity index is 543. The number of benzene rings is 1. The molecule has 134 valence electrons. The number of rotatable bonds is 8. The van der Waals surface area contributed by atoms with Gasteiger partial charge in [-0.2, -0.15) is 0 Å². The summed E-state index contributed by atoms with van der Waals surface area (Å²) in [4.78, 5) is 28.6. The number of nitrogens with one attached hydrogen (secondary N) is 1. The molecule has 1 rings (SSSR count). The Morgan fingerprint density at radius 1 is 1.12 bits per heavy atom. The minimum absolute atomic E-state index is 0.118. The average Bonchev–Trinajstić information content (AvgIpc) is 2.55. The molecule has 0 spiro atoms. The molecule has 2 unspecified atom stereocenters. The third-order valence-corrected chi connectivity index (χ3v) is 4.15. The highest BCUT2D eigenvalue weighted by molar-refractivity contribution is 5.89. The lowest BCUT2D eigenvalue weighted by Crippen LogP contribution is -2.53. The van der Waals surface area contributed by atoms with E-state index < -0.39 is 6.04 Å². The van der Waals surface area contributed by atoms with E-state index in [2.05, 4.69) is 5.32 Å². The van der Waals surface area contributed by atoms with Crippen LogP contribution in [0, 0.1) is 0 Å². The summed E-state index contributed by atoms with van der Waals surface area (Å²) in [6.45, 7) is 4.41. The maximum Gasteiger partial charge on any atom is 0.245 e. The molecule has 2 amide bonds. The van der Waals surface area contributed by atoms with Crippen LogP contribution in [0.1, 0.15) is 25.8 Å². The fraction of sp³-hybridized carbons (Fsp3) is 0.556. The van der Waals surface area contributed by atoms with Gasteiger partial charge < -0.3 is 15.3 Å². The minimum atomic E-state index is -0.624. The van der Waals surface area contributed by atoms with Crippen molar-refractivity contribution in [1.82, 2.24) is 15.1 Å². The number of phenolic OH excluding ortho intramolecular Hbond substituents is 1. The van der Waals surface area contributed by atoms with Crippen LogP contribution in [0.4, 0.5) is 0 Å². The lowest BCUT2D eigenvalue weighted by Gasteiger charge is -2.27. The molecule has 6 nitrogen and oxygen atoms in total. The molecule has 0 aromatic heterocycles. The van der Waals surface area contributed by atoms with Crippen LogP contribution < -0.4 is 5.32 Å². The standard InChI is InChI=1S/C18H29N3O3/c1-6-16(20(3)4)17(23)19-15(18(24)21(5)7-2)12-13-8-10-14(22)11-9-13/h8-11,15-16,22H,6-7,12H2,1-5H3,(H,19,23). The molecule has 0 radical (unpaired) electrons. The van der Waals surface area contributed by atoms with Crippen LogP contribution in [-0.2, 0) is 16.0 Å². The lowest BCUT2D eigenvalue weighted by molar-refractivity contribution is -0.136. The summed E-state index contributed by atoms with van der Waals surface area (Å²) in [5.41, 5.74) is 0.883. The van der Waals surface area contributed by atoms with E-state index in [1.807, 2.05) is 32.8 Å². The molecular weight excluding hydrogens is 306 g/mol. The summed E-state index contributed by atoms with van der Waals surface area (Å²) >= 11 is 0. The van der Waals surface area contributed by atoms with Gasteiger partial charge in [0.2, 0.25) is 11.8 Å². The first-order chi connectivity index (χ1) is 11.3. The van der Waals surface area contributed by atoms with Crippen molar-refractivity contribution in [1.29, 1.82) is 0 Å². The van der Waals surface area contributed by atoms with Gasteiger partial charge in [-0.15, -0.1) is 0 Å². The molecule has 0 bridgehead atoms. The fourth-order valence-corrected chi connectivity index (χ4v) is 2.54. The van der Waals surface area contributed by atoms with Crippen LogP contribution >= 0.6 is 0 Å². The highest BCUT2D eigenvalue weighted by Crippen LogP contribution is 2.12. The van der Waals surface area contributed by atoms with Crippen molar-refractivity contribution < 1.29 is 14.7 Å². The molecule has 2 N–H and O–H groups in total. The summed E-state index contributed by atoms with van der Waals surface area (Å²) in [7, 11) is 5.42. The molecule has 6 heteroatoms. The number of carbonyl (C=O) groups is 2. The molecule has 0 heterocycles. The second-order valence-electron chi connectivity index (χ2n) is 6.17. The summed E-state index contributed by atoms with van der Waals surface area (Å²) in [5.74, 6) is -0.0911. The Morgan fingerprint density at radius 2 is 1.71 bits per heavy atom. The predicted molar refractivity (Wildman–Crippen MR) is 94.8 cm³/mol. The second kappa shape index (κ2) is 9.27. The molecular formula is C18H29N3O3. The number of aromatic hydroxyl groups is 1. The van der Waals surface area contributed by atoms with Crippen LogP contribution in [0.5, 0.6) is 5.75 Å². The smallest absolute Gasteiger partial charge is 0.245 e. The first-order valence-electron chi connectivity index (χ1n) is 8.29. The molecule has 0 saturated heterocycles. The van der Waals surface area contributed by atoms with E-state index in [9.17, 15) is 14.7 Å². The monoisotopic (exact) mass is 335 g/mol. The van der Waals surface area contributed by atoms with Crippen molar-refractivity contribution >= 4 is 11.8 Å². The van der Waals surface area contributed by atoms with Gasteiger partial charge in [0.15, 0.2) is 0 Å². The zero-order valence-electron chi connectivity index (χ0n) is 15.2. The average molecular weight is 335 g/mol. The third-order valence-electron chi connectivity index (χ3n) is 4.15. The molecule has 1 aromatic carbocycles. The van der Waals surface area contributed by atoms with Crippen molar-refractivity contribution in [2.24, 2.45) is 0 Å². The van der Waals surface area contributed by atoms with E-state index in [1.54, 1.807) is 36.2 Å². The van der Waals surface area contributed by atoms with E-state index in [-0.39, 0.29) is 23.6 Å². The van der Waals surface area contributed by atoms with Crippen LogP contribution in [-0.4, -0.2) is 66.5 Å². The number of phenols is 1. The van der Waals surface area contributed by atoms with Gasteiger partial charge in [0.25, 0.3) is 0 Å². The van der Waals surface area contributed by atoms with E-state index in [4.69, 9.17) is 0 Å². The Kier molecular flexibility index (Phi) is 7.71. The van der Waals surface area contributed by atoms with Gasteiger partial charge in [0.1, 0.15) is 11.8 Å². The summed E-state index contributed by atoms with van der Waals surface area (Å²) in [6, 6.07) is 5.79. The molecule has 24 heavy (non-hydrogen) atoms. The summed E-state index contributed by atoms with van der Waals surface area (Å²) < 4.78 is 0. The number of carbonyl (C=O) groups excluding carboxylic acids is 2. The predicted octanol–water partition coefficient (Wildman–Crippen LogP) is 1.24. The van der Waals surface area contributed by atoms with Crippen molar-refractivity contribution in [3.8, 4) is 5.75 Å². The van der Waals surface area contributed by atoms with Crippen LogP contribution in [0.15, 0.2) is 24.3 Å².